The Hall–Kier alpha value is -2.38. The molecule has 1 aromatic heterocycles. The molecule has 3 rings (SSSR count). The summed E-state index contributed by atoms with van der Waals surface area (Å²) in [5.41, 5.74) is 8.98. The number of non-ortho nitro benzene ring substituents is 1. The highest BCUT2D eigenvalue weighted by Gasteiger charge is 2.11. The van der Waals surface area contributed by atoms with E-state index in [9.17, 15) is 10.1 Å². The molecular weight excluding hydrogens is 330 g/mol. The van der Waals surface area contributed by atoms with E-state index in [1.165, 1.54) is 23.5 Å². The summed E-state index contributed by atoms with van der Waals surface area (Å²) in [6, 6.07) is 16.4. The van der Waals surface area contributed by atoms with Crippen LogP contribution in [-0.4, -0.2) is 9.91 Å². The molecule has 5 nitrogen and oxygen atoms in total. The lowest BCUT2D eigenvalue weighted by Crippen LogP contribution is -1.88. The van der Waals surface area contributed by atoms with Crippen molar-refractivity contribution in [2.45, 2.75) is 10.1 Å². The van der Waals surface area contributed by atoms with Crippen LogP contribution in [0.2, 0.25) is 0 Å². The predicted molar refractivity (Wildman–Crippen MR) is 94.6 cm³/mol. The highest BCUT2D eigenvalue weighted by molar-refractivity contribution is 8.00. The fourth-order valence-corrected chi connectivity index (χ4v) is 3.94. The van der Waals surface area contributed by atoms with E-state index in [2.05, 4.69) is 4.98 Å². The van der Waals surface area contributed by atoms with Gasteiger partial charge in [-0.3, -0.25) is 10.1 Å². The van der Waals surface area contributed by atoms with Gasteiger partial charge < -0.3 is 5.73 Å². The van der Waals surface area contributed by atoms with Gasteiger partial charge in [-0.2, -0.15) is 0 Å². The summed E-state index contributed by atoms with van der Waals surface area (Å²) >= 11 is 3.03. The SMILES string of the molecule is Nc1sc(SCc2ccc([N+](=O)[O-])cc2)nc1-c1ccccc1. The zero-order valence-corrected chi connectivity index (χ0v) is 13.6. The molecule has 0 aliphatic carbocycles. The van der Waals surface area contributed by atoms with Crippen molar-refractivity contribution in [1.82, 2.24) is 4.98 Å². The lowest BCUT2D eigenvalue weighted by molar-refractivity contribution is -0.384. The number of hydrogen-bond donors (Lipinski definition) is 1. The Morgan fingerprint density at radius 2 is 1.83 bits per heavy atom. The van der Waals surface area contributed by atoms with Crippen molar-refractivity contribution in [1.29, 1.82) is 0 Å². The van der Waals surface area contributed by atoms with E-state index in [-0.39, 0.29) is 5.69 Å². The van der Waals surface area contributed by atoms with Gasteiger partial charge in [0.1, 0.15) is 10.7 Å². The normalized spacial score (nSPS) is 10.6. The van der Waals surface area contributed by atoms with Crippen LogP contribution in [-0.2, 0) is 5.75 Å². The van der Waals surface area contributed by atoms with Crippen molar-refractivity contribution in [3.63, 3.8) is 0 Å². The van der Waals surface area contributed by atoms with Gasteiger partial charge in [-0.25, -0.2) is 4.98 Å². The van der Waals surface area contributed by atoms with Gasteiger partial charge in [0, 0.05) is 23.4 Å². The van der Waals surface area contributed by atoms with Crippen LogP contribution >= 0.6 is 23.1 Å². The highest BCUT2D eigenvalue weighted by atomic mass is 32.2. The molecule has 0 saturated heterocycles. The minimum absolute atomic E-state index is 0.101. The Balaban J connectivity index is 1.70. The smallest absolute Gasteiger partial charge is 0.269 e. The van der Waals surface area contributed by atoms with Crippen LogP contribution in [0.25, 0.3) is 11.3 Å². The molecule has 0 fully saturated rings. The Kier molecular flexibility index (Phi) is 4.59. The quantitative estimate of drug-likeness (QED) is 0.416. The van der Waals surface area contributed by atoms with Gasteiger partial charge in [-0.1, -0.05) is 65.6 Å². The standard InChI is InChI=1S/C16H13N3O2S2/c17-15-14(12-4-2-1-3-5-12)18-16(23-15)22-10-11-6-8-13(9-7-11)19(20)21/h1-9H,10,17H2. The van der Waals surface area contributed by atoms with Crippen LogP contribution in [0.5, 0.6) is 0 Å². The number of benzene rings is 2. The molecule has 0 unspecified atom stereocenters. The number of nitrogen functional groups attached to an aromatic ring is 1. The number of thiazole rings is 1. The van der Waals surface area contributed by atoms with E-state index in [1.54, 1.807) is 23.9 Å². The number of aromatic nitrogens is 1. The van der Waals surface area contributed by atoms with E-state index >= 15 is 0 Å². The van der Waals surface area contributed by atoms with Crippen molar-refractivity contribution in [2.75, 3.05) is 5.73 Å². The third-order valence-electron chi connectivity index (χ3n) is 3.19. The van der Waals surface area contributed by atoms with E-state index in [1.807, 2.05) is 30.3 Å². The zero-order chi connectivity index (χ0) is 16.2. The van der Waals surface area contributed by atoms with Gasteiger partial charge in [0.25, 0.3) is 5.69 Å². The molecule has 2 N–H and O–H groups in total. The van der Waals surface area contributed by atoms with Crippen molar-refractivity contribution in [3.05, 3.63) is 70.3 Å². The predicted octanol–water partition coefficient (Wildman–Crippen LogP) is 4.59. The molecular formula is C16H13N3O2S2. The molecule has 0 saturated carbocycles. The first-order valence-electron chi connectivity index (χ1n) is 6.81. The van der Waals surface area contributed by atoms with E-state index in [0.717, 1.165) is 21.2 Å². The van der Waals surface area contributed by atoms with Crippen molar-refractivity contribution < 1.29 is 4.92 Å². The lowest BCUT2D eigenvalue weighted by atomic mass is 10.2. The molecule has 0 aliphatic rings. The number of rotatable bonds is 5. The second-order valence-corrected chi connectivity index (χ2v) is 7.02. The van der Waals surface area contributed by atoms with Gasteiger partial charge in [-0.15, -0.1) is 0 Å². The minimum atomic E-state index is -0.398. The number of thioether (sulfide) groups is 1. The second kappa shape index (κ2) is 6.80. The largest absolute Gasteiger partial charge is 0.389 e. The molecule has 23 heavy (non-hydrogen) atoms. The number of nitro benzene ring substituents is 1. The van der Waals surface area contributed by atoms with Gasteiger partial charge in [0.15, 0.2) is 4.34 Å². The minimum Gasteiger partial charge on any atom is -0.389 e. The summed E-state index contributed by atoms with van der Waals surface area (Å²) in [5.74, 6) is 0.694. The van der Waals surface area contributed by atoms with Crippen molar-refractivity contribution >= 4 is 33.8 Å². The Morgan fingerprint density at radius 1 is 1.13 bits per heavy atom. The van der Waals surface area contributed by atoms with Gasteiger partial charge in [-0.05, 0) is 5.56 Å². The molecule has 0 radical (unpaired) electrons. The summed E-state index contributed by atoms with van der Waals surface area (Å²) in [4.78, 5) is 14.8. The molecule has 0 atom stereocenters. The zero-order valence-electron chi connectivity index (χ0n) is 12.0. The monoisotopic (exact) mass is 343 g/mol. The average molecular weight is 343 g/mol. The van der Waals surface area contributed by atoms with Crippen molar-refractivity contribution in [2.24, 2.45) is 0 Å². The van der Waals surface area contributed by atoms with E-state index in [4.69, 9.17) is 5.73 Å². The lowest BCUT2D eigenvalue weighted by Gasteiger charge is -1.99. The average Bonchev–Trinajstić information content (AvgIpc) is 2.95. The number of nitrogens with zero attached hydrogens (tertiary/aromatic N) is 2. The summed E-state index contributed by atoms with van der Waals surface area (Å²) < 4.78 is 0.889. The molecule has 0 spiro atoms. The number of nitro groups is 1. The maximum absolute atomic E-state index is 10.6. The third kappa shape index (κ3) is 3.69. The summed E-state index contributed by atoms with van der Waals surface area (Å²) in [7, 11) is 0. The van der Waals surface area contributed by atoms with Gasteiger partial charge >= 0.3 is 0 Å². The molecule has 7 heteroatoms. The summed E-state index contributed by atoms with van der Waals surface area (Å²) in [6.45, 7) is 0. The fraction of sp³-hybridized carbons (Fsp3) is 0.0625. The Labute approximate surface area is 141 Å². The first-order chi connectivity index (χ1) is 11.1. The first kappa shape index (κ1) is 15.5. The van der Waals surface area contributed by atoms with Gasteiger partial charge in [0.2, 0.25) is 0 Å². The van der Waals surface area contributed by atoms with Crippen LogP contribution in [0.4, 0.5) is 10.7 Å². The molecule has 0 aliphatic heterocycles. The van der Waals surface area contributed by atoms with Crippen LogP contribution in [0.1, 0.15) is 5.56 Å². The van der Waals surface area contributed by atoms with Crippen LogP contribution in [0, 0.1) is 10.1 Å². The molecule has 1 heterocycles. The topological polar surface area (TPSA) is 82.0 Å². The Bertz CT molecular complexity index is 817. The summed E-state index contributed by atoms with van der Waals surface area (Å²) in [5, 5.41) is 11.3. The Morgan fingerprint density at radius 3 is 2.48 bits per heavy atom. The highest BCUT2D eigenvalue weighted by Crippen LogP contribution is 2.36. The summed E-state index contributed by atoms with van der Waals surface area (Å²) in [6.07, 6.45) is 0. The fourth-order valence-electron chi connectivity index (χ4n) is 2.04. The number of nitrogens with two attached hydrogens (primary N) is 1. The molecule has 0 bridgehead atoms. The van der Waals surface area contributed by atoms with Crippen LogP contribution in [0.3, 0.4) is 0 Å². The maximum Gasteiger partial charge on any atom is 0.269 e. The van der Waals surface area contributed by atoms with E-state index in [0.29, 0.717) is 10.8 Å². The molecule has 3 aromatic rings. The molecule has 116 valence electrons. The van der Waals surface area contributed by atoms with Crippen molar-refractivity contribution in [3.8, 4) is 11.3 Å². The second-order valence-electron chi connectivity index (χ2n) is 4.77. The number of anilines is 1. The maximum atomic E-state index is 10.6. The van der Waals surface area contributed by atoms with Gasteiger partial charge in [0.05, 0.1) is 4.92 Å². The van der Waals surface area contributed by atoms with Crippen LogP contribution in [0.15, 0.2) is 58.9 Å². The van der Waals surface area contributed by atoms with Crippen LogP contribution < -0.4 is 5.73 Å². The third-order valence-corrected chi connectivity index (χ3v) is 5.29. The molecule has 0 amide bonds. The first-order valence-corrected chi connectivity index (χ1v) is 8.61. The van der Waals surface area contributed by atoms with E-state index < -0.39 is 4.92 Å². The number of hydrogen-bond acceptors (Lipinski definition) is 6. The molecule has 2 aromatic carbocycles.